The van der Waals surface area contributed by atoms with Gasteiger partial charge in [0.15, 0.2) is 0 Å². The minimum Gasteiger partial charge on any atom is -0.480 e. The standard InChI is InChI=1S/C16H23NO3S/c1-11(2)8-13(21)10-15(18)17-14(16(19)20)9-12-6-4-3-5-7-12/h3-7,11,13-14,21H,8-10H2,1-2H3,(H,17,18)(H,19,20)/t13?,14-/m0/s1. The summed E-state index contributed by atoms with van der Waals surface area (Å²) in [6.07, 6.45) is 1.34. The third-order valence-electron chi connectivity index (χ3n) is 3.08. The van der Waals surface area contributed by atoms with Crippen molar-refractivity contribution in [2.75, 3.05) is 0 Å². The predicted octanol–water partition coefficient (Wildman–Crippen LogP) is 2.53. The number of hydrogen-bond acceptors (Lipinski definition) is 3. The van der Waals surface area contributed by atoms with Gasteiger partial charge in [-0.25, -0.2) is 4.79 Å². The largest absolute Gasteiger partial charge is 0.480 e. The Labute approximate surface area is 131 Å². The molecule has 0 aliphatic rings. The summed E-state index contributed by atoms with van der Waals surface area (Å²) in [7, 11) is 0. The zero-order chi connectivity index (χ0) is 15.8. The number of carbonyl (C=O) groups excluding carboxylic acids is 1. The monoisotopic (exact) mass is 309 g/mol. The van der Waals surface area contributed by atoms with E-state index in [0.29, 0.717) is 5.92 Å². The Morgan fingerprint density at radius 3 is 2.38 bits per heavy atom. The predicted molar refractivity (Wildman–Crippen MR) is 86.6 cm³/mol. The number of thiol groups is 1. The molecule has 0 aromatic heterocycles. The first-order valence-electron chi connectivity index (χ1n) is 7.12. The van der Waals surface area contributed by atoms with Gasteiger partial charge in [0.2, 0.25) is 5.91 Å². The normalized spacial score (nSPS) is 13.7. The number of carboxylic acid groups (broad SMARTS) is 1. The third kappa shape index (κ3) is 7.18. The number of amides is 1. The summed E-state index contributed by atoms with van der Waals surface area (Å²) in [4.78, 5) is 23.2. The molecule has 1 amide bonds. The van der Waals surface area contributed by atoms with Crippen molar-refractivity contribution in [2.45, 2.75) is 44.4 Å². The molecule has 116 valence electrons. The summed E-state index contributed by atoms with van der Waals surface area (Å²) in [5, 5.41) is 11.8. The van der Waals surface area contributed by atoms with Crippen molar-refractivity contribution in [3.63, 3.8) is 0 Å². The molecule has 5 heteroatoms. The molecule has 1 aromatic carbocycles. The van der Waals surface area contributed by atoms with Crippen LogP contribution < -0.4 is 5.32 Å². The van der Waals surface area contributed by atoms with Crippen molar-refractivity contribution in [1.29, 1.82) is 0 Å². The molecule has 1 aromatic rings. The van der Waals surface area contributed by atoms with Gasteiger partial charge in [0.1, 0.15) is 6.04 Å². The van der Waals surface area contributed by atoms with Gasteiger partial charge in [-0.15, -0.1) is 0 Å². The Balaban J connectivity index is 2.54. The summed E-state index contributed by atoms with van der Waals surface area (Å²) in [5.74, 6) is -0.828. The molecule has 0 spiro atoms. The van der Waals surface area contributed by atoms with Crippen molar-refractivity contribution in [1.82, 2.24) is 5.32 Å². The highest BCUT2D eigenvalue weighted by atomic mass is 32.1. The van der Waals surface area contributed by atoms with Crippen molar-refractivity contribution in [2.24, 2.45) is 5.92 Å². The zero-order valence-electron chi connectivity index (χ0n) is 12.5. The van der Waals surface area contributed by atoms with Gasteiger partial charge in [-0.3, -0.25) is 4.79 Å². The van der Waals surface area contributed by atoms with Crippen LogP contribution in [0.25, 0.3) is 0 Å². The number of benzene rings is 1. The molecule has 1 rings (SSSR count). The third-order valence-corrected chi connectivity index (χ3v) is 3.47. The smallest absolute Gasteiger partial charge is 0.326 e. The van der Waals surface area contributed by atoms with Crippen molar-refractivity contribution in [3.8, 4) is 0 Å². The van der Waals surface area contributed by atoms with E-state index in [0.717, 1.165) is 12.0 Å². The van der Waals surface area contributed by atoms with E-state index in [9.17, 15) is 14.7 Å². The fourth-order valence-electron chi connectivity index (χ4n) is 2.14. The van der Waals surface area contributed by atoms with Gasteiger partial charge in [-0.05, 0) is 17.9 Å². The zero-order valence-corrected chi connectivity index (χ0v) is 13.3. The molecular formula is C16H23NO3S. The highest BCUT2D eigenvalue weighted by Gasteiger charge is 2.21. The summed E-state index contributed by atoms with van der Waals surface area (Å²) in [6, 6.07) is 8.37. The topological polar surface area (TPSA) is 66.4 Å². The van der Waals surface area contributed by atoms with Crippen molar-refractivity contribution >= 4 is 24.5 Å². The lowest BCUT2D eigenvalue weighted by atomic mass is 10.0. The Kier molecular flexibility index (Phi) is 7.29. The van der Waals surface area contributed by atoms with E-state index in [1.165, 1.54) is 0 Å². The highest BCUT2D eigenvalue weighted by molar-refractivity contribution is 7.81. The first-order chi connectivity index (χ1) is 9.88. The van der Waals surface area contributed by atoms with Gasteiger partial charge in [-0.2, -0.15) is 12.6 Å². The average Bonchev–Trinajstić information content (AvgIpc) is 2.37. The first kappa shape index (κ1) is 17.6. The number of hydrogen-bond donors (Lipinski definition) is 3. The lowest BCUT2D eigenvalue weighted by Crippen LogP contribution is -2.43. The molecule has 0 fully saturated rings. The quantitative estimate of drug-likeness (QED) is 0.647. The van der Waals surface area contributed by atoms with Crippen LogP contribution in [0.3, 0.4) is 0 Å². The lowest BCUT2D eigenvalue weighted by molar-refractivity contribution is -0.141. The van der Waals surface area contributed by atoms with Gasteiger partial charge in [0.25, 0.3) is 0 Å². The van der Waals surface area contributed by atoms with Gasteiger partial charge in [0, 0.05) is 18.1 Å². The fraction of sp³-hybridized carbons (Fsp3) is 0.500. The summed E-state index contributed by atoms with van der Waals surface area (Å²) < 4.78 is 0. The first-order valence-corrected chi connectivity index (χ1v) is 7.64. The van der Waals surface area contributed by atoms with E-state index in [2.05, 4.69) is 31.8 Å². The molecule has 0 heterocycles. The Morgan fingerprint density at radius 1 is 1.24 bits per heavy atom. The molecule has 0 aliphatic carbocycles. The Morgan fingerprint density at radius 2 is 1.86 bits per heavy atom. The Bertz CT molecular complexity index is 462. The molecule has 0 radical (unpaired) electrons. The molecule has 2 N–H and O–H groups in total. The van der Waals surface area contributed by atoms with E-state index in [4.69, 9.17) is 0 Å². The van der Waals surface area contributed by atoms with Crippen molar-refractivity contribution in [3.05, 3.63) is 35.9 Å². The molecule has 1 unspecified atom stereocenters. The molecule has 0 saturated heterocycles. The van der Waals surface area contributed by atoms with E-state index in [1.54, 1.807) is 0 Å². The van der Waals surface area contributed by atoms with Crippen LogP contribution in [0.4, 0.5) is 0 Å². The van der Waals surface area contributed by atoms with Crippen LogP contribution >= 0.6 is 12.6 Å². The second-order valence-corrected chi connectivity index (χ2v) is 6.37. The molecule has 0 aliphatic heterocycles. The van der Waals surface area contributed by atoms with Crippen LogP contribution in [0, 0.1) is 5.92 Å². The van der Waals surface area contributed by atoms with E-state index < -0.39 is 12.0 Å². The molecule has 0 saturated carbocycles. The summed E-state index contributed by atoms with van der Waals surface area (Å²) >= 11 is 4.37. The van der Waals surface area contributed by atoms with Crippen LogP contribution in [-0.4, -0.2) is 28.3 Å². The minimum atomic E-state index is -1.02. The molecule has 0 bridgehead atoms. The maximum absolute atomic E-state index is 11.9. The Hall–Kier alpha value is -1.49. The van der Waals surface area contributed by atoms with Crippen molar-refractivity contribution < 1.29 is 14.7 Å². The summed E-state index contributed by atoms with van der Waals surface area (Å²) in [5.41, 5.74) is 0.884. The van der Waals surface area contributed by atoms with E-state index in [1.807, 2.05) is 30.3 Å². The average molecular weight is 309 g/mol. The minimum absolute atomic E-state index is 0.0452. The van der Waals surface area contributed by atoms with Gasteiger partial charge in [0.05, 0.1) is 0 Å². The highest BCUT2D eigenvalue weighted by Crippen LogP contribution is 2.13. The van der Waals surface area contributed by atoms with Gasteiger partial charge < -0.3 is 10.4 Å². The molecule has 21 heavy (non-hydrogen) atoms. The molecular weight excluding hydrogens is 286 g/mol. The molecule has 2 atom stereocenters. The van der Waals surface area contributed by atoms with Gasteiger partial charge in [-0.1, -0.05) is 44.2 Å². The lowest BCUT2D eigenvalue weighted by Gasteiger charge is -2.17. The van der Waals surface area contributed by atoms with E-state index in [-0.39, 0.29) is 24.0 Å². The van der Waals surface area contributed by atoms with Crippen LogP contribution in [0.5, 0.6) is 0 Å². The van der Waals surface area contributed by atoms with Crippen LogP contribution in [0.2, 0.25) is 0 Å². The number of carbonyl (C=O) groups is 2. The van der Waals surface area contributed by atoms with Crippen LogP contribution in [0.15, 0.2) is 30.3 Å². The number of nitrogens with one attached hydrogen (secondary N) is 1. The van der Waals surface area contributed by atoms with Gasteiger partial charge >= 0.3 is 5.97 Å². The number of carboxylic acids is 1. The van der Waals surface area contributed by atoms with Crippen LogP contribution in [0.1, 0.15) is 32.3 Å². The maximum atomic E-state index is 11.9. The number of aliphatic carboxylic acids is 1. The van der Waals surface area contributed by atoms with E-state index >= 15 is 0 Å². The summed E-state index contributed by atoms with van der Waals surface area (Å²) in [6.45, 7) is 4.13. The second-order valence-electron chi connectivity index (χ2n) is 5.64. The maximum Gasteiger partial charge on any atom is 0.326 e. The second kappa shape index (κ2) is 8.72. The number of rotatable bonds is 8. The fourth-order valence-corrected chi connectivity index (χ4v) is 2.73. The van der Waals surface area contributed by atoms with Crippen LogP contribution in [-0.2, 0) is 16.0 Å². The SMILES string of the molecule is CC(C)CC(S)CC(=O)N[C@@H](Cc1ccccc1)C(=O)O. The molecule has 4 nitrogen and oxygen atoms in total.